The van der Waals surface area contributed by atoms with Gasteiger partial charge in [-0.2, -0.15) is 8.78 Å². The van der Waals surface area contributed by atoms with Crippen LogP contribution in [0, 0.1) is 5.92 Å². The Labute approximate surface area is 191 Å². The number of aromatic nitrogens is 2. The van der Waals surface area contributed by atoms with Crippen molar-refractivity contribution in [2.45, 2.75) is 32.4 Å². The maximum atomic E-state index is 12.5. The van der Waals surface area contributed by atoms with Gasteiger partial charge in [0.1, 0.15) is 27.8 Å². The van der Waals surface area contributed by atoms with Gasteiger partial charge >= 0.3 is 6.61 Å². The molecule has 2 atom stereocenters. The van der Waals surface area contributed by atoms with Crippen molar-refractivity contribution < 1.29 is 27.8 Å². The van der Waals surface area contributed by atoms with E-state index in [2.05, 4.69) is 25.0 Å². The molecule has 0 saturated carbocycles. The summed E-state index contributed by atoms with van der Waals surface area (Å²) in [6.07, 6.45) is 1.73. The molecule has 0 spiro atoms. The van der Waals surface area contributed by atoms with Crippen LogP contribution >= 0.6 is 22.9 Å². The fourth-order valence-corrected chi connectivity index (χ4v) is 4.52. The second-order valence-corrected chi connectivity index (χ2v) is 7.86. The number of ether oxygens (including phenoxy) is 3. The topological polar surface area (TPSA) is 121 Å². The summed E-state index contributed by atoms with van der Waals surface area (Å²) in [5, 5.41) is 4.74. The second-order valence-electron chi connectivity index (χ2n) is 6.60. The van der Waals surface area contributed by atoms with Gasteiger partial charge in [-0.05, 0) is 6.42 Å². The molecular formula is C19H22ClF2N5O4S. The highest BCUT2D eigenvalue weighted by atomic mass is 35.5. The van der Waals surface area contributed by atoms with Crippen LogP contribution < -0.4 is 15.8 Å². The zero-order valence-electron chi connectivity index (χ0n) is 17.3. The summed E-state index contributed by atoms with van der Waals surface area (Å²) in [4.78, 5) is 25.3. The maximum Gasteiger partial charge on any atom is 0.387 e. The summed E-state index contributed by atoms with van der Waals surface area (Å²) < 4.78 is 39.8. The van der Waals surface area contributed by atoms with Crippen molar-refractivity contribution in [2.75, 3.05) is 25.1 Å². The number of rotatable bonds is 5. The van der Waals surface area contributed by atoms with Crippen LogP contribution in [0.5, 0.6) is 5.75 Å². The number of amides is 1. The summed E-state index contributed by atoms with van der Waals surface area (Å²) in [5.41, 5.74) is 4.87. The van der Waals surface area contributed by atoms with Crippen LogP contribution in [0.1, 0.15) is 35.8 Å². The smallest absolute Gasteiger partial charge is 0.387 e. The zero-order valence-corrected chi connectivity index (χ0v) is 18.9. The van der Waals surface area contributed by atoms with E-state index in [4.69, 9.17) is 26.8 Å². The highest BCUT2D eigenvalue weighted by Crippen LogP contribution is 2.43. The van der Waals surface area contributed by atoms with E-state index in [1.165, 1.54) is 11.3 Å². The number of aliphatic imine (C=N–C) groups is 1. The molecule has 0 aliphatic carbocycles. The number of fused-ring (bicyclic) bond motifs is 1. The Morgan fingerprint density at radius 3 is 2.97 bits per heavy atom. The summed E-state index contributed by atoms with van der Waals surface area (Å²) >= 11 is 7.28. The predicted octanol–water partition coefficient (Wildman–Crippen LogP) is 3.65. The highest BCUT2D eigenvalue weighted by Gasteiger charge is 2.48. The molecule has 3 N–H and O–H groups in total. The molecule has 4 rings (SSSR count). The fraction of sp³-hybridized carbons (Fsp3) is 0.474. The van der Waals surface area contributed by atoms with Crippen LogP contribution in [-0.2, 0) is 15.0 Å². The number of alkyl halides is 2. The number of nitrogens with two attached hydrogens (primary N) is 1. The number of nitrogens with zero attached hydrogens (tertiary/aromatic N) is 3. The molecule has 2 aliphatic heterocycles. The molecule has 174 valence electrons. The molecule has 2 unspecified atom stereocenters. The first-order valence-corrected chi connectivity index (χ1v) is 11.1. The summed E-state index contributed by atoms with van der Waals surface area (Å²) in [6, 6.07) is 1.16. The second kappa shape index (κ2) is 10.4. The average molecular weight is 490 g/mol. The van der Waals surface area contributed by atoms with Gasteiger partial charge in [-0.1, -0.05) is 25.4 Å². The van der Waals surface area contributed by atoms with Crippen molar-refractivity contribution in [3.8, 4) is 5.75 Å². The number of carbonyl (C=O) groups excluding carboxylic acids is 1. The molecule has 4 heterocycles. The zero-order chi connectivity index (χ0) is 23.3. The van der Waals surface area contributed by atoms with Gasteiger partial charge in [0.05, 0.1) is 24.4 Å². The monoisotopic (exact) mass is 489 g/mol. The van der Waals surface area contributed by atoms with Crippen LogP contribution in [-0.4, -0.2) is 48.3 Å². The van der Waals surface area contributed by atoms with E-state index in [1.807, 2.05) is 13.8 Å². The van der Waals surface area contributed by atoms with E-state index < -0.39 is 18.1 Å². The number of hydrogen-bond donors (Lipinski definition) is 2. The summed E-state index contributed by atoms with van der Waals surface area (Å²) in [7, 11) is 0. The molecule has 2 aromatic heterocycles. The Bertz CT molecular complexity index is 992. The Morgan fingerprint density at radius 1 is 1.47 bits per heavy atom. The summed E-state index contributed by atoms with van der Waals surface area (Å²) in [6.45, 7) is 2.29. The Morgan fingerprint density at radius 2 is 2.25 bits per heavy atom. The number of halogens is 3. The van der Waals surface area contributed by atoms with Gasteiger partial charge in [-0.3, -0.25) is 4.79 Å². The molecule has 1 fully saturated rings. The number of anilines is 1. The summed E-state index contributed by atoms with van der Waals surface area (Å²) in [5.74, 6) is -0.583. The number of thiazole rings is 1. The normalized spacial score (nSPS) is 22.1. The lowest BCUT2D eigenvalue weighted by Gasteiger charge is -2.41. The first-order valence-electron chi connectivity index (χ1n) is 9.81. The third-order valence-electron chi connectivity index (χ3n) is 4.72. The molecule has 2 aliphatic rings. The van der Waals surface area contributed by atoms with E-state index in [-0.39, 0.29) is 34.2 Å². The highest BCUT2D eigenvalue weighted by molar-refractivity contribution is 7.10. The van der Waals surface area contributed by atoms with E-state index in [1.54, 1.807) is 5.38 Å². The van der Waals surface area contributed by atoms with Crippen molar-refractivity contribution in [1.82, 2.24) is 9.97 Å². The van der Waals surface area contributed by atoms with Crippen molar-refractivity contribution >= 4 is 40.7 Å². The number of amidine groups is 1. The van der Waals surface area contributed by atoms with E-state index in [9.17, 15) is 13.6 Å². The molecular weight excluding hydrogens is 468 g/mol. The SMILES string of the molecule is CC.NC1=NC2(c3nc(NC(=O)c4ncc(OC(F)F)cc4Cl)cs3)COCCC2CO1. The molecule has 2 aromatic rings. The van der Waals surface area contributed by atoms with E-state index >= 15 is 0 Å². The van der Waals surface area contributed by atoms with Crippen molar-refractivity contribution in [1.29, 1.82) is 0 Å². The lowest BCUT2D eigenvalue weighted by Crippen LogP contribution is -2.49. The first kappa shape index (κ1) is 24.1. The minimum absolute atomic E-state index is 0.0479. The van der Waals surface area contributed by atoms with E-state index in [0.29, 0.717) is 24.8 Å². The third kappa shape index (κ3) is 5.08. The van der Waals surface area contributed by atoms with Crippen molar-refractivity contribution in [2.24, 2.45) is 16.6 Å². The Kier molecular flexibility index (Phi) is 7.80. The molecule has 0 radical (unpaired) electrons. The number of carbonyl (C=O) groups is 1. The number of hydrogen-bond acceptors (Lipinski definition) is 9. The molecule has 0 aromatic carbocycles. The largest absolute Gasteiger partial charge is 0.465 e. The van der Waals surface area contributed by atoms with Crippen LogP contribution in [0.25, 0.3) is 0 Å². The molecule has 13 heteroatoms. The Balaban J connectivity index is 0.00000141. The predicted molar refractivity (Wildman–Crippen MR) is 115 cm³/mol. The minimum Gasteiger partial charge on any atom is -0.465 e. The molecule has 1 saturated heterocycles. The van der Waals surface area contributed by atoms with Gasteiger partial charge in [-0.25, -0.2) is 15.0 Å². The van der Waals surface area contributed by atoms with Crippen molar-refractivity contribution in [3.05, 3.63) is 33.4 Å². The van der Waals surface area contributed by atoms with Gasteiger partial charge in [-0.15, -0.1) is 11.3 Å². The Hall–Kier alpha value is -2.57. The minimum atomic E-state index is -3.02. The van der Waals surface area contributed by atoms with Crippen LogP contribution in [0.2, 0.25) is 5.02 Å². The maximum absolute atomic E-state index is 12.5. The first-order chi connectivity index (χ1) is 15.4. The quantitative estimate of drug-likeness (QED) is 0.657. The van der Waals surface area contributed by atoms with Crippen molar-refractivity contribution in [3.63, 3.8) is 0 Å². The van der Waals surface area contributed by atoms with Crippen LogP contribution in [0.3, 0.4) is 0 Å². The number of pyridine rings is 1. The molecule has 0 bridgehead atoms. The van der Waals surface area contributed by atoms with Gasteiger partial charge < -0.3 is 25.3 Å². The van der Waals surface area contributed by atoms with Crippen LogP contribution in [0.15, 0.2) is 22.6 Å². The average Bonchev–Trinajstić information content (AvgIpc) is 3.23. The van der Waals surface area contributed by atoms with E-state index in [0.717, 1.165) is 18.7 Å². The lowest BCUT2D eigenvalue weighted by atomic mass is 9.81. The van der Waals surface area contributed by atoms with Gasteiger partial charge in [0, 0.05) is 24.0 Å². The fourth-order valence-electron chi connectivity index (χ4n) is 3.31. The standard InChI is InChI=1S/C17H16ClF2N5O4S.C2H6/c18-10-3-9(29-15(19)20)4-22-12(10)13(26)23-11-6-30-14(24-11)17-7-27-2-1-8(17)5-28-16(21)25-17;1-2/h3-4,6,8,15H,1-2,5,7H2,(H2,21,25)(H,23,26);1-2H3. The van der Waals surface area contributed by atoms with Crippen LogP contribution in [0.4, 0.5) is 14.6 Å². The third-order valence-corrected chi connectivity index (χ3v) is 6.02. The van der Waals surface area contributed by atoms with Gasteiger partial charge in [0.15, 0.2) is 0 Å². The number of nitrogens with one attached hydrogen (secondary N) is 1. The molecule has 1 amide bonds. The lowest BCUT2D eigenvalue weighted by molar-refractivity contribution is -0.0500. The molecule has 9 nitrogen and oxygen atoms in total. The molecule has 32 heavy (non-hydrogen) atoms. The van der Waals surface area contributed by atoms with Gasteiger partial charge in [0.2, 0.25) is 0 Å². The van der Waals surface area contributed by atoms with Gasteiger partial charge in [0.25, 0.3) is 11.9 Å².